The molecule has 0 aliphatic heterocycles. The van der Waals surface area contributed by atoms with Crippen molar-refractivity contribution in [3.8, 4) is 5.75 Å². The Kier molecular flexibility index (Phi) is 3.83. The summed E-state index contributed by atoms with van der Waals surface area (Å²) in [7, 11) is 1.65. The van der Waals surface area contributed by atoms with Gasteiger partial charge in [0.25, 0.3) is 0 Å². The molecule has 13 heavy (non-hydrogen) atoms. The van der Waals surface area contributed by atoms with E-state index in [1.54, 1.807) is 7.11 Å². The summed E-state index contributed by atoms with van der Waals surface area (Å²) >= 11 is 3.41. The number of benzene rings is 1. The summed E-state index contributed by atoms with van der Waals surface area (Å²) in [6.07, 6.45) is 1.82. The summed E-state index contributed by atoms with van der Waals surface area (Å²) in [6, 6.07) is 5.85. The van der Waals surface area contributed by atoms with Crippen LogP contribution in [0.25, 0.3) is 0 Å². The SMILES string of the molecule is C=CCNc1ccc(OC)c(Br)c1. The van der Waals surface area contributed by atoms with Gasteiger partial charge in [-0.15, -0.1) is 6.58 Å². The Morgan fingerprint density at radius 2 is 2.38 bits per heavy atom. The van der Waals surface area contributed by atoms with E-state index in [-0.39, 0.29) is 0 Å². The Morgan fingerprint density at radius 1 is 1.62 bits per heavy atom. The predicted molar refractivity (Wildman–Crippen MR) is 59.4 cm³/mol. The van der Waals surface area contributed by atoms with E-state index in [9.17, 15) is 0 Å². The molecule has 1 rings (SSSR count). The molecule has 0 heterocycles. The second-order valence-corrected chi connectivity index (χ2v) is 3.37. The van der Waals surface area contributed by atoms with Crippen LogP contribution in [0.1, 0.15) is 0 Å². The molecule has 0 amide bonds. The zero-order valence-corrected chi connectivity index (χ0v) is 9.10. The minimum absolute atomic E-state index is 0.763. The molecule has 0 spiro atoms. The Labute approximate surface area is 86.7 Å². The van der Waals surface area contributed by atoms with Crippen LogP contribution < -0.4 is 10.1 Å². The van der Waals surface area contributed by atoms with E-state index in [2.05, 4.69) is 27.8 Å². The fourth-order valence-corrected chi connectivity index (χ4v) is 1.51. The molecule has 0 fully saturated rings. The standard InChI is InChI=1S/C10H12BrNO/c1-3-6-12-8-4-5-10(13-2)9(11)7-8/h3-5,7,12H,1,6H2,2H3. The number of methoxy groups -OCH3 is 1. The molecule has 0 radical (unpaired) electrons. The number of halogens is 1. The first kappa shape index (κ1) is 10.1. The van der Waals surface area contributed by atoms with Gasteiger partial charge < -0.3 is 10.1 Å². The van der Waals surface area contributed by atoms with Crippen LogP contribution in [-0.2, 0) is 0 Å². The molecule has 1 aromatic rings. The van der Waals surface area contributed by atoms with E-state index in [0.717, 1.165) is 22.5 Å². The molecule has 0 unspecified atom stereocenters. The molecule has 3 heteroatoms. The molecule has 0 aliphatic rings. The summed E-state index contributed by atoms with van der Waals surface area (Å²) in [5, 5.41) is 3.18. The van der Waals surface area contributed by atoms with Gasteiger partial charge >= 0.3 is 0 Å². The molecular weight excluding hydrogens is 230 g/mol. The third kappa shape index (κ3) is 2.77. The third-order valence-electron chi connectivity index (χ3n) is 1.60. The van der Waals surface area contributed by atoms with Crippen LogP contribution in [0.15, 0.2) is 35.3 Å². The Morgan fingerprint density at radius 3 is 2.92 bits per heavy atom. The number of hydrogen-bond donors (Lipinski definition) is 1. The summed E-state index contributed by atoms with van der Waals surface area (Å²) < 4.78 is 6.06. The molecule has 0 bridgehead atoms. The van der Waals surface area contributed by atoms with Gasteiger partial charge in [0.1, 0.15) is 5.75 Å². The van der Waals surface area contributed by atoms with Crippen molar-refractivity contribution in [1.82, 2.24) is 0 Å². The van der Waals surface area contributed by atoms with Crippen LogP contribution in [0.3, 0.4) is 0 Å². The van der Waals surface area contributed by atoms with Gasteiger partial charge in [0.15, 0.2) is 0 Å². The first-order valence-electron chi connectivity index (χ1n) is 3.96. The molecule has 0 atom stereocenters. The second-order valence-electron chi connectivity index (χ2n) is 2.52. The van der Waals surface area contributed by atoms with E-state index < -0.39 is 0 Å². The molecule has 0 aliphatic carbocycles. The van der Waals surface area contributed by atoms with Crippen molar-refractivity contribution in [3.63, 3.8) is 0 Å². The van der Waals surface area contributed by atoms with Crippen molar-refractivity contribution >= 4 is 21.6 Å². The lowest BCUT2D eigenvalue weighted by atomic mass is 10.3. The zero-order valence-electron chi connectivity index (χ0n) is 7.51. The average molecular weight is 242 g/mol. The highest BCUT2D eigenvalue weighted by Crippen LogP contribution is 2.27. The summed E-state index contributed by atoms with van der Waals surface area (Å²) in [5.74, 6) is 0.837. The van der Waals surface area contributed by atoms with E-state index in [1.807, 2.05) is 24.3 Å². The normalized spacial score (nSPS) is 9.38. The number of ether oxygens (including phenoxy) is 1. The molecule has 70 valence electrons. The van der Waals surface area contributed by atoms with Gasteiger partial charge in [-0.05, 0) is 34.1 Å². The van der Waals surface area contributed by atoms with Gasteiger partial charge in [0.2, 0.25) is 0 Å². The second kappa shape index (κ2) is 4.92. The molecule has 0 saturated carbocycles. The van der Waals surface area contributed by atoms with Crippen LogP contribution in [-0.4, -0.2) is 13.7 Å². The van der Waals surface area contributed by atoms with Gasteiger partial charge in [0, 0.05) is 12.2 Å². The van der Waals surface area contributed by atoms with E-state index in [0.29, 0.717) is 0 Å². The highest BCUT2D eigenvalue weighted by atomic mass is 79.9. The molecule has 0 aromatic heterocycles. The van der Waals surface area contributed by atoms with E-state index >= 15 is 0 Å². The maximum Gasteiger partial charge on any atom is 0.133 e. The van der Waals surface area contributed by atoms with Crippen LogP contribution in [0.2, 0.25) is 0 Å². The van der Waals surface area contributed by atoms with Crippen LogP contribution in [0.5, 0.6) is 5.75 Å². The third-order valence-corrected chi connectivity index (χ3v) is 2.22. The fraction of sp³-hybridized carbons (Fsp3) is 0.200. The maximum absolute atomic E-state index is 5.11. The lowest BCUT2D eigenvalue weighted by Crippen LogP contribution is -1.97. The number of hydrogen-bond acceptors (Lipinski definition) is 2. The molecule has 1 N–H and O–H groups in total. The lowest BCUT2D eigenvalue weighted by molar-refractivity contribution is 0.412. The van der Waals surface area contributed by atoms with Crippen LogP contribution >= 0.6 is 15.9 Å². The van der Waals surface area contributed by atoms with Crippen molar-refractivity contribution in [2.24, 2.45) is 0 Å². The average Bonchev–Trinajstić information content (AvgIpc) is 2.15. The highest BCUT2D eigenvalue weighted by molar-refractivity contribution is 9.10. The van der Waals surface area contributed by atoms with Gasteiger partial charge in [-0.2, -0.15) is 0 Å². The van der Waals surface area contributed by atoms with Gasteiger partial charge in [-0.3, -0.25) is 0 Å². The Balaban J connectivity index is 2.76. The number of rotatable bonds is 4. The van der Waals surface area contributed by atoms with E-state index in [4.69, 9.17) is 4.74 Å². The fourth-order valence-electron chi connectivity index (χ4n) is 0.966. The smallest absolute Gasteiger partial charge is 0.133 e. The molecule has 1 aromatic carbocycles. The van der Waals surface area contributed by atoms with Crippen molar-refractivity contribution in [1.29, 1.82) is 0 Å². The lowest BCUT2D eigenvalue weighted by Gasteiger charge is -2.06. The van der Waals surface area contributed by atoms with Crippen molar-refractivity contribution in [3.05, 3.63) is 35.3 Å². The summed E-state index contributed by atoms with van der Waals surface area (Å²) in [6.45, 7) is 4.40. The number of nitrogens with one attached hydrogen (secondary N) is 1. The zero-order chi connectivity index (χ0) is 9.68. The van der Waals surface area contributed by atoms with Gasteiger partial charge in [-0.25, -0.2) is 0 Å². The van der Waals surface area contributed by atoms with Crippen molar-refractivity contribution in [2.75, 3.05) is 19.0 Å². The quantitative estimate of drug-likeness (QED) is 0.819. The van der Waals surface area contributed by atoms with Gasteiger partial charge in [-0.1, -0.05) is 6.08 Å². The molecule has 0 saturated heterocycles. The van der Waals surface area contributed by atoms with Crippen LogP contribution in [0, 0.1) is 0 Å². The minimum atomic E-state index is 0.763. The largest absolute Gasteiger partial charge is 0.496 e. The predicted octanol–water partition coefficient (Wildman–Crippen LogP) is 3.06. The van der Waals surface area contributed by atoms with E-state index in [1.165, 1.54) is 0 Å². The summed E-state index contributed by atoms with van der Waals surface area (Å²) in [4.78, 5) is 0. The molecular formula is C10H12BrNO. The highest BCUT2D eigenvalue weighted by Gasteiger charge is 1.99. The van der Waals surface area contributed by atoms with Gasteiger partial charge in [0.05, 0.1) is 11.6 Å². The Bertz CT molecular complexity index is 299. The van der Waals surface area contributed by atoms with Crippen molar-refractivity contribution < 1.29 is 4.74 Å². The minimum Gasteiger partial charge on any atom is -0.496 e. The molecule has 2 nitrogen and oxygen atoms in total. The Hall–Kier alpha value is -0.960. The van der Waals surface area contributed by atoms with Crippen LogP contribution in [0.4, 0.5) is 5.69 Å². The first-order chi connectivity index (χ1) is 6.27. The first-order valence-corrected chi connectivity index (χ1v) is 4.75. The summed E-state index contributed by atoms with van der Waals surface area (Å²) in [5.41, 5.74) is 1.05. The monoisotopic (exact) mass is 241 g/mol. The van der Waals surface area contributed by atoms with Crippen molar-refractivity contribution in [2.45, 2.75) is 0 Å². The maximum atomic E-state index is 5.11. The number of anilines is 1. The topological polar surface area (TPSA) is 21.3 Å².